The minimum Gasteiger partial charge on any atom is -0.302 e. The molecular weight excluding hydrogens is 266 g/mol. The maximum Gasteiger partial charge on any atom is 0.00221 e. The molecule has 0 spiro atoms. The summed E-state index contributed by atoms with van der Waals surface area (Å²) in [7, 11) is 0. The third-order valence-electron chi connectivity index (χ3n) is 4.86. The van der Waals surface area contributed by atoms with Crippen molar-refractivity contribution in [2.45, 2.75) is 32.1 Å². The van der Waals surface area contributed by atoms with Crippen LogP contribution in [-0.4, -0.2) is 24.5 Å². The zero-order valence-electron chi connectivity index (χ0n) is 13.5. The molecule has 0 amide bonds. The molecule has 0 aliphatic heterocycles. The van der Waals surface area contributed by atoms with Crippen LogP contribution in [0.4, 0.5) is 0 Å². The molecule has 1 nitrogen and oxygen atoms in total. The molecule has 1 aliphatic rings. The van der Waals surface area contributed by atoms with Crippen LogP contribution in [0.2, 0.25) is 0 Å². The standard InChI is InChI=1S/C21H27N/c1-3-8-19(9-4-1)14-16-22(18-21-12-7-13-21)17-15-20-10-5-2-6-11-20/h1-6,8-11,21H,7,12-18H2. The average Bonchev–Trinajstić information content (AvgIpc) is 2.54. The molecule has 3 rings (SSSR count). The molecular formula is C21H27N. The first-order chi connectivity index (χ1) is 10.9. The Kier molecular flexibility index (Phi) is 5.66. The monoisotopic (exact) mass is 293 g/mol. The summed E-state index contributed by atoms with van der Waals surface area (Å²) in [6, 6.07) is 21.8. The second-order valence-corrected chi connectivity index (χ2v) is 6.57. The minimum atomic E-state index is 0.951. The molecule has 1 saturated carbocycles. The van der Waals surface area contributed by atoms with E-state index in [2.05, 4.69) is 65.6 Å². The molecule has 116 valence electrons. The average molecular weight is 293 g/mol. The normalized spacial score (nSPS) is 15.0. The van der Waals surface area contributed by atoms with Crippen LogP contribution in [0.5, 0.6) is 0 Å². The van der Waals surface area contributed by atoms with Crippen molar-refractivity contribution in [3.63, 3.8) is 0 Å². The van der Waals surface area contributed by atoms with Gasteiger partial charge in [-0.2, -0.15) is 0 Å². The molecule has 1 fully saturated rings. The molecule has 2 aromatic carbocycles. The second-order valence-electron chi connectivity index (χ2n) is 6.57. The quantitative estimate of drug-likeness (QED) is 0.689. The van der Waals surface area contributed by atoms with Gasteiger partial charge < -0.3 is 4.90 Å². The van der Waals surface area contributed by atoms with Gasteiger partial charge in [0.05, 0.1) is 0 Å². The lowest BCUT2D eigenvalue weighted by atomic mass is 9.85. The van der Waals surface area contributed by atoms with E-state index in [0.29, 0.717) is 0 Å². The highest BCUT2D eigenvalue weighted by atomic mass is 15.1. The highest BCUT2D eigenvalue weighted by Crippen LogP contribution is 2.27. The van der Waals surface area contributed by atoms with Crippen molar-refractivity contribution in [2.24, 2.45) is 5.92 Å². The summed E-state index contributed by atoms with van der Waals surface area (Å²) < 4.78 is 0. The van der Waals surface area contributed by atoms with E-state index in [1.54, 1.807) is 0 Å². The first-order valence-corrected chi connectivity index (χ1v) is 8.70. The molecule has 0 unspecified atom stereocenters. The molecule has 0 atom stereocenters. The Morgan fingerprint density at radius 1 is 0.727 bits per heavy atom. The number of nitrogens with zero attached hydrogens (tertiary/aromatic N) is 1. The van der Waals surface area contributed by atoms with Crippen LogP contribution in [0, 0.1) is 5.92 Å². The SMILES string of the molecule is c1ccc(CCN(CCc2ccccc2)CC2CCC2)cc1. The minimum absolute atomic E-state index is 0.951. The Balaban J connectivity index is 1.52. The van der Waals surface area contributed by atoms with Crippen LogP contribution in [0.25, 0.3) is 0 Å². The van der Waals surface area contributed by atoms with Gasteiger partial charge in [0.2, 0.25) is 0 Å². The van der Waals surface area contributed by atoms with E-state index in [0.717, 1.165) is 5.92 Å². The highest BCUT2D eigenvalue weighted by molar-refractivity contribution is 5.16. The maximum atomic E-state index is 2.68. The van der Waals surface area contributed by atoms with Crippen LogP contribution in [0.15, 0.2) is 60.7 Å². The van der Waals surface area contributed by atoms with Crippen molar-refractivity contribution >= 4 is 0 Å². The summed E-state index contributed by atoms with van der Waals surface area (Å²) in [6.45, 7) is 3.67. The first kappa shape index (κ1) is 15.3. The fraction of sp³-hybridized carbons (Fsp3) is 0.429. The van der Waals surface area contributed by atoms with E-state index in [9.17, 15) is 0 Å². The summed E-state index contributed by atoms with van der Waals surface area (Å²) in [6.07, 6.45) is 6.65. The second kappa shape index (κ2) is 8.14. The summed E-state index contributed by atoms with van der Waals surface area (Å²) in [5.74, 6) is 0.951. The van der Waals surface area contributed by atoms with Crippen molar-refractivity contribution in [2.75, 3.05) is 19.6 Å². The van der Waals surface area contributed by atoms with E-state index >= 15 is 0 Å². The fourth-order valence-corrected chi connectivity index (χ4v) is 3.20. The summed E-state index contributed by atoms with van der Waals surface area (Å²) >= 11 is 0. The summed E-state index contributed by atoms with van der Waals surface area (Å²) in [4.78, 5) is 2.68. The first-order valence-electron chi connectivity index (χ1n) is 8.70. The number of hydrogen-bond donors (Lipinski definition) is 0. The predicted molar refractivity (Wildman–Crippen MR) is 94.1 cm³/mol. The van der Waals surface area contributed by atoms with Crippen molar-refractivity contribution < 1.29 is 0 Å². The lowest BCUT2D eigenvalue weighted by Crippen LogP contribution is -2.35. The van der Waals surface area contributed by atoms with Crippen LogP contribution in [0.3, 0.4) is 0 Å². The molecule has 0 N–H and O–H groups in total. The van der Waals surface area contributed by atoms with E-state index in [1.807, 2.05) is 0 Å². The zero-order valence-corrected chi connectivity index (χ0v) is 13.5. The third-order valence-corrected chi connectivity index (χ3v) is 4.86. The van der Waals surface area contributed by atoms with Gasteiger partial charge in [0.15, 0.2) is 0 Å². The van der Waals surface area contributed by atoms with Gasteiger partial charge >= 0.3 is 0 Å². The molecule has 1 heteroatoms. The molecule has 22 heavy (non-hydrogen) atoms. The third kappa shape index (κ3) is 4.71. The van der Waals surface area contributed by atoms with Crippen molar-refractivity contribution in [1.29, 1.82) is 0 Å². The lowest BCUT2D eigenvalue weighted by Gasteiger charge is -2.32. The fourth-order valence-electron chi connectivity index (χ4n) is 3.20. The highest BCUT2D eigenvalue weighted by Gasteiger charge is 2.20. The van der Waals surface area contributed by atoms with Crippen LogP contribution < -0.4 is 0 Å². The molecule has 0 saturated heterocycles. The zero-order chi connectivity index (χ0) is 15.0. The Labute approximate surface area is 135 Å². The maximum absolute atomic E-state index is 2.68. The molecule has 0 aromatic heterocycles. The van der Waals surface area contributed by atoms with Gasteiger partial charge in [-0.25, -0.2) is 0 Å². The van der Waals surface area contributed by atoms with Gasteiger partial charge in [-0.1, -0.05) is 67.1 Å². The number of benzene rings is 2. The van der Waals surface area contributed by atoms with Gasteiger partial charge in [0, 0.05) is 19.6 Å². The Morgan fingerprint density at radius 3 is 1.64 bits per heavy atom. The van der Waals surface area contributed by atoms with Crippen LogP contribution in [0.1, 0.15) is 30.4 Å². The molecule has 0 radical (unpaired) electrons. The van der Waals surface area contributed by atoms with E-state index in [-0.39, 0.29) is 0 Å². The van der Waals surface area contributed by atoms with Crippen LogP contribution >= 0.6 is 0 Å². The van der Waals surface area contributed by atoms with Gasteiger partial charge in [0.1, 0.15) is 0 Å². The van der Waals surface area contributed by atoms with Crippen molar-refractivity contribution in [3.05, 3.63) is 71.8 Å². The summed E-state index contributed by atoms with van der Waals surface area (Å²) in [5.41, 5.74) is 2.92. The van der Waals surface area contributed by atoms with Gasteiger partial charge in [0.25, 0.3) is 0 Å². The molecule has 0 heterocycles. The molecule has 2 aromatic rings. The van der Waals surface area contributed by atoms with Crippen LogP contribution in [-0.2, 0) is 12.8 Å². The van der Waals surface area contributed by atoms with Gasteiger partial charge in [-0.15, -0.1) is 0 Å². The van der Waals surface area contributed by atoms with Gasteiger partial charge in [-0.3, -0.25) is 0 Å². The molecule has 1 aliphatic carbocycles. The Hall–Kier alpha value is -1.60. The van der Waals surface area contributed by atoms with Gasteiger partial charge in [-0.05, 0) is 42.7 Å². The van der Waals surface area contributed by atoms with E-state index < -0.39 is 0 Å². The lowest BCUT2D eigenvalue weighted by molar-refractivity contribution is 0.180. The Morgan fingerprint density at radius 2 is 1.23 bits per heavy atom. The summed E-state index contributed by atoms with van der Waals surface area (Å²) in [5, 5.41) is 0. The topological polar surface area (TPSA) is 3.24 Å². The Bertz CT molecular complexity index is 487. The largest absolute Gasteiger partial charge is 0.302 e. The number of hydrogen-bond acceptors (Lipinski definition) is 1. The van der Waals surface area contributed by atoms with Crippen molar-refractivity contribution in [3.8, 4) is 0 Å². The van der Waals surface area contributed by atoms with E-state index in [1.165, 1.54) is 62.9 Å². The van der Waals surface area contributed by atoms with E-state index in [4.69, 9.17) is 0 Å². The molecule has 0 bridgehead atoms. The van der Waals surface area contributed by atoms with Crippen molar-refractivity contribution in [1.82, 2.24) is 4.90 Å². The smallest absolute Gasteiger partial charge is 0.00221 e. The predicted octanol–water partition coefficient (Wildman–Crippen LogP) is 4.57. The number of rotatable bonds is 8.